The molecule has 7 heteroatoms. The fraction of sp³-hybridized carbons (Fsp3) is 0.125. The second-order valence-electron chi connectivity index (χ2n) is 4.54. The Kier molecular flexibility index (Phi) is 6.26. The predicted octanol–water partition coefficient (Wildman–Crippen LogP) is 4.37. The number of nitrogens with zero attached hydrogens (tertiary/aromatic N) is 1. The SMILES string of the molecule is O=C(O)CON=CCc1ccccc1Nc1c(Cl)cccc1Cl. The average molecular weight is 353 g/mol. The van der Waals surface area contributed by atoms with E-state index in [9.17, 15) is 4.79 Å². The Morgan fingerprint density at radius 3 is 2.57 bits per heavy atom. The molecule has 0 aromatic heterocycles. The van der Waals surface area contributed by atoms with E-state index in [-0.39, 0.29) is 0 Å². The van der Waals surface area contributed by atoms with Crippen molar-refractivity contribution in [1.29, 1.82) is 0 Å². The third-order valence-electron chi connectivity index (χ3n) is 2.89. The van der Waals surface area contributed by atoms with E-state index in [4.69, 9.17) is 28.3 Å². The Hall–Kier alpha value is -2.24. The highest BCUT2D eigenvalue weighted by Gasteiger charge is 2.08. The number of oxime groups is 1. The number of anilines is 2. The van der Waals surface area contributed by atoms with Crippen molar-refractivity contribution >= 4 is 46.8 Å². The van der Waals surface area contributed by atoms with Gasteiger partial charge in [0.15, 0.2) is 0 Å². The van der Waals surface area contributed by atoms with Crippen LogP contribution in [0.5, 0.6) is 0 Å². The molecule has 0 bridgehead atoms. The van der Waals surface area contributed by atoms with Gasteiger partial charge in [-0.2, -0.15) is 0 Å². The summed E-state index contributed by atoms with van der Waals surface area (Å²) in [6, 6.07) is 12.8. The van der Waals surface area contributed by atoms with Gasteiger partial charge in [-0.3, -0.25) is 0 Å². The summed E-state index contributed by atoms with van der Waals surface area (Å²) < 4.78 is 0. The molecule has 0 radical (unpaired) electrons. The standard InChI is InChI=1S/C16H14Cl2N2O3/c17-12-5-3-6-13(18)16(12)20-14-7-2-1-4-11(14)8-9-19-23-10-15(21)22/h1-7,9,20H,8,10H2,(H,21,22). The van der Waals surface area contributed by atoms with Gasteiger partial charge in [-0.15, -0.1) is 0 Å². The summed E-state index contributed by atoms with van der Waals surface area (Å²) in [5.74, 6) is -1.07. The lowest BCUT2D eigenvalue weighted by Gasteiger charge is -2.13. The molecule has 0 spiro atoms. The third kappa shape index (κ3) is 5.16. The van der Waals surface area contributed by atoms with Gasteiger partial charge in [0.1, 0.15) is 0 Å². The molecule has 0 amide bonds. The molecule has 5 nitrogen and oxygen atoms in total. The van der Waals surface area contributed by atoms with Crippen molar-refractivity contribution in [3.63, 3.8) is 0 Å². The van der Waals surface area contributed by atoms with Gasteiger partial charge >= 0.3 is 5.97 Å². The Balaban J connectivity index is 2.10. The van der Waals surface area contributed by atoms with Crippen LogP contribution in [0.25, 0.3) is 0 Å². The zero-order valence-electron chi connectivity index (χ0n) is 12.0. The van der Waals surface area contributed by atoms with Crippen molar-refractivity contribution in [2.75, 3.05) is 11.9 Å². The topological polar surface area (TPSA) is 70.9 Å². The van der Waals surface area contributed by atoms with Gasteiger partial charge in [-0.25, -0.2) is 4.79 Å². The van der Waals surface area contributed by atoms with Crippen LogP contribution in [0.4, 0.5) is 11.4 Å². The van der Waals surface area contributed by atoms with E-state index in [0.29, 0.717) is 22.2 Å². The van der Waals surface area contributed by atoms with Crippen LogP contribution in [0, 0.1) is 0 Å². The fourth-order valence-electron chi connectivity index (χ4n) is 1.85. The minimum atomic E-state index is -1.07. The molecule has 0 aliphatic carbocycles. The molecule has 0 saturated carbocycles. The van der Waals surface area contributed by atoms with Crippen molar-refractivity contribution in [2.24, 2.45) is 5.16 Å². The minimum Gasteiger partial charge on any atom is -0.479 e. The van der Waals surface area contributed by atoms with Crippen LogP contribution in [0.1, 0.15) is 5.56 Å². The van der Waals surface area contributed by atoms with Crippen molar-refractivity contribution in [3.05, 3.63) is 58.1 Å². The first kappa shape index (κ1) is 17.1. The number of para-hydroxylation sites is 2. The van der Waals surface area contributed by atoms with E-state index >= 15 is 0 Å². The Bertz CT molecular complexity index is 700. The molecular weight excluding hydrogens is 339 g/mol. The quantitative estimate of drug-likeness (QED) is 0.573. The molecule has 0 aliphatic heterocycles. The average Bonchev–Trinajstić information content (AvgIpc) is 2.51. The number of carbonyl (C=O) groups is 1. The van der Waals surface area contributed by atoms with Crippen LogP contribution in [0.2, 0.25) is 10.0 Å². The molecule has 0 fully saturated rings. The van der Waals surface area contributed by atoms with Gasteiger partial charge in [0.05, 0.1) is 15.7 Å². The monoisotopic (exact) mass is 352 g/mol. The molecule has 2 aromatic rings. The highest BCUT2D eigenvalue weighted by molar-refractivity contribution is 6.39. The summed E-state index contributed by atoms with van der Waals surface area (Å²) in [4.78, 5) is 14.9. The van der Waals surface area contributed by atoms with Gasteiger partial charge in [-0.05, 0) is 23.8 Å². The maximum atomic E-state index is 10.3. The van der Waals surface area contributed by atoms with Crippen LogP contribution < -0.4 is 5.32 Å². The summed E-state index contributed by atoms with van der Waals surface area (Å²) >= 11 is 12.3. The number of carboxylic acid groups (broad SMARTS) is 1. The fourth-order valence-corrected chi connectivity index (χ4v) is 2.34. The van der Waals surface area contributed by atoms with Crippen molar-refractivity contribution in [1.82, 2.24) is 0 Å². The van der Waals surface area contributed by atoms with Crippen molar-refractivity contribution in [2.45, 2.75) is 6.42 Å². The van der Waals surface area contributed by atoms with E-state index < -0.39 is 12.6 Å². The number of halogens is 2. The van der Waals surface area contributed by atoms with Crippen molar-refractivity contribution in [3.8, 4) is 0 Å². The van der Waals surface area contributed by atoms with Gasteiger partial charge in [0.25, 0.3) is 0 Å². The lowest BCUT2D eigenvalue weighted by atomic mass is 10.1. The number of aliphatic carboxylic acids is 1. The summed E-state index contributed by atoms with van der Waals surface area (Å²) in [7, 11) is 0. The van der Waals surface area contributed by atoms with Gasteiger partial charge in [0.2, 0.25) is 6.61 Å². The zero-order valence-corrected chi connectivity index (χ0v) is 13.5. The third-order valence-corrected chi connectivity index (χ3v) is 3.52. The first-order valence-corrected chi connectivity index (χ1v) is 7.48. The molecule has 0 aliphatic rings. The van der Waals surface area contributed by atoms with Gasteiger partial charge in [-0.1, -0.05) is 52.6 Å². The van der Waals surface area contributed by atoms with E-state index in [1.165, 1.54) is 6.21 Å². The van der Waals surface area contributed by atoms with Crippen LogP contribution in [0.3, 0.4) is 0 Å². The Morgan fingerprint density at radius 2 is 1.87 bits per heavy atom. The number of carboxylic acids is 1. The largest absolute Gasteiger partial charge is 0.479 e. The second kappa shape index (κ2) is 8.41. The zero-order chi connectivity index (χ0) is 16.7. The van der Waals surface area contributed by atoms with Crippen LogP contribution in [0.15, 0.2) is 47.6 Å². The van der Waals surface area contributed by atoms with Gasteiger partial charge in [0, 0.05) is 18.3 Å². The molecule has 23 heavy (non-hydrogen) atoms. The smallest absolute Gasteiger partial charge is 0.344 e. The summed E-state index contributed by atoms with van der Waals surface area (Å²) in [6.45, 7) is -0.467. The summed E-state index contributed by atoms with van der Waals surface area (Å²) in [6.07, 6.45) is 1.96. The number of rotatable bonds is 7. The van der Waals surface area contributed by atoms with Crippen LogP contribution >= 0.6 is 23.2 Å². The van der Waals surface area contributed by atoms with E-state index in [1.807, 2.05) is 24.3 Å². The molecule has 2 rings (SSSR count). The molecule has 0 heterocycles. The van der Waals surface area contributed by atoms with E-state index in [2.05, 4.69) is 15.3 Å². The Labute approximate surface area is 143 Å². The molecule has 0 unspecified atom stereocenters. The van der Waals surface area contributed by atoms with E-state index in [0.717, 1.165) is 11.3 Å². The maximum absolute atomic E-state index is 10.3. The number of nitrogens with one attached hydrogen (secondary N) is 1. The molecule has 0 atom stereocenters. The number of hydrogen-bond acceptors (Lipinski definition) is 4. The minimum absolute atomic E-state index is 0.463. The van der Waals surface area contributed by atoms with Crippen molar-refractivity contribution < 1.29 is 14.7 Å². The second-order valence-corrected chi connectivity index (χ2v) is 5.35. The predicted molar refractivity (Wildman–Crippen MR) is 92.0 cm³/mol. The first-order chi connectivity index (χ1) is 11.1. The lowest BCUT2D eigenvalue weighted by molar-refractivity contribution is -0.142. The molecule has 2 aromatic carbocycles. The molecular formula is C16H14Cl2N2O3. The molecule has 2 N–H and O–H groups in total. The van der Waals surface area contributed by atoms with Gasteiger partial charge < -0.3 is 15.3 Å². The van der Waals surface area contributed by atoms with Crippen LogP contribution in [-0.2, 0) is 16.1 Å². The summed E-state index contributed by atoms with van der Waals surface area (Å²) in [5, 5.41) is 16.3. The van der Waals surface area contributed by atoms with E-state index in [1.54, 1.807) is 18.2 Å². The Morgan fingerprint density at radius 1 is 1.17 bits per heavy atom. The maximum Gasteiger partial charge on any atom is 0.344 e. The molecule has 0 saturated heterocycles. The van der Waals surface area contributed by atoms with Crippen LogP contribution in [-0.4, -0.2) is 23.9 Å². The normalized spacial score (nSPS) is 10.7. The highest BCUT2D eigenvalue weighted by Crippen LogP contribution is 2.33. The number of hydrogen-bond donors (Lipinski definition) is 2. The lowest BCUT2D eigenvalue weighted by Crippen LogP contribution is -2.03. The number of benzene rings is 2. The molecule has 120 valence electrons. The highest BCUT2D eigenvalue weighted by atomic mass is 35.5. The first-order valence-electron chi connectivity index (χ1n) is 6.72. The summed E-state index contributed by atoms with van der Waals surface area (Å²) in [5.41, 5.74) is 2.39.